The Hall–Kier alpha value is -2.61. The number of nitrogens with one attached hydrogen (secondary N) is 3. The van der Waals surface area contributed by atoms with Crippen molar-refractivity contribution in [3.05, 3.63) is 45.5 Å². The number of amides is 3. The molecule has 168 valence electrons. The molecule has 2 aromatic heterocycles. The van der Waals surface area contributed by atoms with Gasteiger partial charge in [-0.2, -0.15) is 0 Å². The number of hydrogen-bond donors (Lipinski definition) is 3. The predicted octanol–water partition coefficient (Wildman–Crippen LogP) is 3.71. The van der Waals surface area contributed by atoms with E-state index in [0.717, 1.165) is 19.3 Å². The molecule has 1 aliphatic rings. The fourth-order valence-corrected chi connectivity index (χ4v) is 4.89. The predicted molar refractivity (Wildman–Crippen MR) is 120 cm³/mol. The van der Waals surface area contributed by atoms with E-state index in [-0.39, 0.29) is 23.0 Å². The number of aryl methyl sites for hydroxylation is 1. The smallest absolute Gasteiger partial charge is 0.287 e. The lowest BCUT2D eigenvalue weighted by Gasteiger charge is -2.33. The highest BCUT2D eigenvalue weighted by atomic mass is 32.1. The molecule has 0 aliphatic heterocycles. The zero-order chi connectivity index (χ0) is 22.8. The lowest BCUT2D eigenvalue weighted by Crippen LogP contribution is -2.54. The Morgan fingerprint density at radius 1 is 1.16 bits per heavy atom. The van der Waals surface area contributed by atoms with Gasteiger partial charge in [-0.05, 0) is 60.3 Å². The molecule has 0 bridgehead atoms. The average molecular weight is 446 g/mol. The van der Waals surface area contributed by atoms with E-state index in [4.69, 9.17) is 4.42 Å². The van der Waals surface area contributed by atoms with Crippen molar-refractivity contribution in [3.63, 3.8) is 0 Å². The second-order valence-electron chi connectivity index (χ2n) is 9.48. The first-order chi connectivity index (χ1) is 14.6. The van der Waals surface area contributed by atoms with Crippen molar-refractivity contribution < 1.29 is 18.8 Å². The largest absolute Gasteiger partial charge is 0.459 e. The first kappa shape index (κ1) is 23.1. The van der Waals surface area contributed by atoms with Gasteiger partial charge in [-0.3, -0.25) is 25.2 Å². The minimum Gasteiger partial charge on any atom is -0.459 e. The molecule has 2 aromatic rings. The number of hydrogen-bond acceptors (Lipinski definition) is 5. The van der Waals surface area contributed by atoms with Crippen LogP contribution in [-0.4, -0.2) is 23.8 Å². The fourth-order valence-electron chi connectivity index (χ4n) is 3.79. The highest BCUT2D eigenvalue weighted by molar-refractivity contribution is 7.14. The molecule has 3 amide bonds. The van der Waals surface area contributed by atoms with E-state index in [0.29, 0.717) is 10.8 Å². The molecule has 3 N–H and O–H groups in total. The summed E-state index contributed by atoms with van der Waals surface area (Å²) in [5, 5.41) is 2.65. The molecule has 0 spiro atoms. The van der Waals surface area contributed by atoms with Gasteiger partial charge in [0.1, 0.15) is 6.04 Å². The molecule has 3 rings (SSSR count). The average Bonchev–Trinajstić information content (AvgIpc) is 3.38. The van der Waals surface area contributed by atoms with Crippen LogP contribution in [0.3, 0.4) is 0 Å². The van der Waals surface area contributed by atoms with Gasteiger partial charge in [0.2, 0.25) is 0 Å². The highest BCUT2D eigenvalue weighted by Crippen LogP contribution is 2.40. The second-order valence-corrected chi connectivity index (χ2v) is 10.6. The Kier molecular flexibility index (Phi) is 6.89. The molecule has 0 aromatic carbocycles. The molecule has 1 aliphatic carbocycles. The Balaban J connectivity index is 1.59. The van der Waals surface area contributed by atoms with E-state index in [1.807, 2.05) is 19.9 Å². The summed E-state index contributed by atoms with van der Waals surface area (Å²) in [6.07, 6.45) is 4.48. The number of rotatable bonds is 5. The first-order valence-corrected chi connectivity index (χ1v) is 11.4. The second kappa shape index (κ2) is 9.26. The summed E-state index contributed by atoms with van der Waals surface area (Å²) in [6, 6.07) is 4.25. The summed E-state index contributed by atoms with van der Waals surface area (Å²) in [4.78, 5) is 39.3. The van der Waals surface area contributed by atoms with E-state index in [9.17, 15) is 14.4 Å². The number of furan rings is 1. The minimum absolute atomic E-state index is 0.125. The molecule has 1 unspecified atom stereocenters. The molecular formula is C23H31N3O4S. The number of hydrazine groups is 1. The Bertz CT molecular complexity index is 941. The monoisotopic (exact) mass is 445 g/mol. The van der Waals surface area contributed by atoms with E-state index in [2.05, 4.69) is 36.9 Å². The van der Waals surface area contributed by atoms with Crippen LogP contribution in [0.5, 0.6) is 0 Å². The quantitative estimate of drug-likeness (QED) is 0.611. The van der Waals surface area contributed by atoms with Crippen LogP contribution in [-0.2, 0) is 17.6 Å². The van der Waals surface area contributed by atoms with Gasteiger partial charge in [-0.25, -0.2) is 0 Å². The molecule has 2 heterocycles. The molecule has 0 saturated carbocycles. The molecule has 0 saturated heterocycles. The molecule has 0 fully saturated rings. The van der Waals surface area contributed by atoms with Crippen LogP contribution in [0.1, 0.15) is 71.7 Å². The summed E-state index contributed by atoms with van der Waals surface area (Å²) in [6.45, 7) is 10.4. The van der Waals surface area contributed by atoms with Crippen molar-refractivity contribution in [1.82, 2.24) is 16.2 Å². The minimum atomic E-state index is -0.818. The molecule has 8 heteroatoms. The number of fused-ring (bicyclic) bond motifs is 1. The summed E-state index contributed by atoms with van der Waals surface area (Å²) < 4.78 is 5.07. The van der Waals surface area contributed by atoms with E-state index in [1.165, 1.54) is 34.1 Å². The van der Waals surface area contributed by atoms with Gasteiger partial charge in [0.05, 0.1) is 11.1 Å². The van der Waals surface area contributed by atoms with Crippen molar-refractivity contribution in [2.24, 2.45) is 17.3 Å². The maximum Gasteiger partial charge on any atom is 0.287 e. The molecule has 2 atom stereocenters. The molecule has 31 heavy (non-hydrogen) atoms. The Labute approximate surface area is 186 Å². The van der Waals surface area contributed by atoms with E-state index < -0.39 is 17.9 Å². The maximum absolute atomic E-state index is 12.6. The van der Waals surface area contributed by atoms with Crippen LogP contribution in [0.15, 0.2) is 28.9 Å². The zero-order valence-corrected chi connectivity index (χ0v) is 19.5. The Morgan fingerprint density at radius 2 is 1.90 bits per heavy atom. The van der Waals surface area contributed by atoms with Gasteiger partial charge >= 0.3 is 0 Å². The highest BCUT2D eigenvalue weighted by Gasteiger charge is 2.31. The summed E-state index contributed by atoms with van der Waals surface area (Å²) in [5.74, 6) is -0.781. The molecule has 7 nitrogen and oxygen atoms in total. The normalized spacial score (nSPS) is 17.0. The summed E-state index contributed by atoms with van der Waals surface area (Å²) >= 11 is 1.49. The number of carbonyl (C=O) groups is 3. The van der Waals surface area contributed by atoms with Crippen LogP contribution in [0.25, 0.3) is 0 Å². The topological polar surface area (TPSA) is 100 Å². The lowest BCUT2D eigenvalue weighted by molar-refractivity contribution is -0.124. The summed E-state index contributed by atoms with van der Waals surface area (Å²) in [5.41, 5.74) is 6.41. The van der Waals surface area contributed by atoms with Gasteiger partial charge in [-0.1, -0.05) is 34.6 Å². The lowest BCUT2D eigenvalue weighted by atomic mass is 9.72. The third-order valence-electron chi connectivity index (χ3n) is 5.81. The van der Waals surface area contributed by atoms with E-state index >= 15 is 0 Å². The van der Waals surface area contributed by atoms with Crippen molar-refractivity contribution in [3.8, 4) is 0 Å². The van der Waals surface area contributed by atoms with E-state index in [1.54, 1.807) is 6.07 Å². The van der Waals surface area contributed by atoms with Gasteiger partial charge in [-0.15, -0.1) is 11.3 Å². The van der Waals surface area contributed by atoms with Crippen molar-refractivity contribution in [1.29, 1.82) is 0 Å². The van der Waals surface area contributed by atoms with Crippen LogP contribution in [0.2, 0.25) is 0 Å². The zero-order valence-electron chi connectivity index (χ0n) is 18.7. The third kappa shape index (κ3) is 5.55. The molecular weight excluding hydrogens is 414 g/mol. The van der Waals surface area contributed by atoms with Crippen LogP contribution in [0, 0.1) is 17.3 Å². The van der Waals surface area contributed by atoms with Gasteiger partial charge in [0.15, 0.2) is 5.76 Å². The van der Waals surface area contributed by atoms with Gasteiger partial charge in [0, 0.05) is 4.88 Å². The summed E-state index contributed by atoms with van der Waals surface area (Å²) in [7, 11) is 0. The van der Waals surface area contributed by atoms with Gasteiger partial charge in [0.25, 0.3) is 17.7 Å². The maximum atomic E-state index is 12.6. The number of carbonyl (C=O) groups excluding carboxylic acids is 3. The molecule has 0 radical (unpaired) electrons. The third-order valence-corrected chi connectivity index (χ3v) is 7.05. The van der Waals surface area contributed by atoms with Crippen molar-refractivity contribution in [2.45, 2.75) is 59.9 Å². The van der Waals surface area contributed by atoms with Crippen LogP contribution in [0.4, 0.5) is 0 Å². The number of thiophene rings is 1. The van der Waals surface area contributed by atoms with Crippen LogP contribution >= 0.6 is 11.3 Å². The Morgan fingerprint density at radius 3 is 2.52 bits per heavy atom. The standard InChI is InChI=1S/C23H31N3O4S/c1-13(2)19(24-20(27)16-7-6-10-30-16)22(29)26-25-21(28)18-12-14-11-15(23(3,4)5)8-9-17(14)31-18/h6-7,10,12-13,15,19H,8-9,11H2,1-5H3,(H,24,27)(H,25,28)(H,26,29)/t15?,19-/m0/s1. The fraction of sp³-hybridized carbons (Fsp3) is 0.522. The van der Waals surface area contributed by atoms with Gasteiger partial charge < -0.3 is 9.73 Å². The van der Waals surface area contributed by atoms with Crippen molar-refractivity contribution >= 4 is 29.1 Å². The SMILES string of the molecule is CC(C)[C@H](NC(=O)c1ccco1)C(=O)NNC(=O)c1cc2c(s1)CCC(C(C)(C)C)C2. The van der Waals surface area contributed by atoms with Crippen molar-refractivity contribution in [2.75, 3.05) is 0 Å². The van der Waals surface area contributed by atoms with Crippen LogP contribution < -0.4 is 16.2 Å². The first-order valence-electron chi connectivity index (χ1n) is 10.6.